The fourth-order valence-electron chi connectivity index (χ4n) is 3.38. The van der Waals surface area contributed by atoms with Gasteiger partial charge in [0.2, 0.25) is 23.6 Å². The summed E-state index contributed by atoms with van der Waals surface area (Å²) in [6.07, 6.45) is 0.0136. The van der Waals surface area contributed by atoms with Gasteiger partial charge in [-0.3, -0.25) is 24.0 Å². The van der Waals surface area contributed by atoms with Crippen molar-refractivity contribution in [3.63, 3.8) is 0 Å². The van der Waals surface area contributed by atoms with Crippen LogP contribution in [0, 0.1) is 5.92 Å². The van der Waals surface area contributed by atoms with E-state index in [1.807, 2.05) is 0 Å². The Bertz CT molecular complexity index is 758. The maximum Gasteiger partial charge on any atom is 0.326 e. The van der Waals surface area contributed by atoms with Crippen molar-refractivity contribution in [1.82, 2.24) is 15.5 Å². The summed E-state index contributed by atoms with van der Waals surface area (Å²) < 4.78 is 0. The van der Waals surface area contributed by atoms with Crippen molar-refractivity contribution in [3.05, 3.63) is 0 Å². The zero-order valence-electron chi connectivity index (χ0n) is 18.1. The molecule has 0 aliphatic carbocycles. The number of carboxylic acid groups (broad SMARTS) is 2. The summed E-state index contributed by atoms with van der Waals surface area (Å²) in [5.41, 5.74) is 10.6. The Kier molecular flexibility index (Phi) is 10.0. The summed E-state index contributed by atoms with van der Waals surface area (Å²) in [5.74, 6) is -6.08. The lowest BCUT2D eigenvalue weighted by Crippen LogP contribution is -2.58. The number of likely N-dealkylation sites (tertiary alicyclic amines) is 1. The molecule has 4 amide bonds. The van der Waals surface area contributed by atoms with E-state index in [1.165, 1.54) is 4.90 Å². The Morgan fingerprint density at radius 3 is 2.22 bits per heavy atom. The van der Waals surface area contributed by atoms with Gasteiger partial charge in [0, 0.05) is 6.54 Å². The van der Waals surface area contributed by atoms with Crippen molar-refractivity contribution < 1.29 is 39.0 Å². The SMILES string of the molecule is CCC(C)C(NC(=O)C(N)CC(=O)O)C(=O)N1CCCC1C(=O)NC(CC(N)=O)C(=O)O. The maximum atomic E-state index is 13.2. The maximum absolute atomic E-state index is 13.2. The molecule has 0 aromatic rings. The van der Waals surface area contributed by atoms with Gasteiger partial charge in [0.25, 0.3) is 0 Å². The summed E-state index contributed by atoms with van der Waals surface area (Å²) in [4.78, 5) is 72.6. The number of carbonyl (C=O) groups is 6. The molecule has 1 rings (SSSR count). The van der Waals surface area contributed by atoms with Gasteiger partial charge in [-0.2, -0.15) is 0 Å². The highest BCUT2D eigenvalue weighted by Crippen LogP contribution is 2.22. The fourth-order valence-corrected chi connectivity index (χ4v) is 3.38. The second-order valence-electron chi connectivity index (χ2n) is 7.84. The molecule has 0 radical (unpaired) electrons. The first kappa shape index (κ1) is 26.8. The summed E-state index contributed by atoms with van der Waals surface area (Å²) in [6.45, 7) is 3.71. The number of nitrogens with two attached hydrogens (primary N) is 2. The van der Waals surface area contributed by atoms with Gasteiger partial charge in [0.1, 0.15) is 18.1 Å². The summed E-state index contributed by atoms with van der Waals surface area (Å²) in [5, 5.41) is 22.7. The highest BCUT2D eigenvalue weighted by atomic mass is 16.4. The molecule has 0 spiro atoms. The summed E-state index contributed by atoms with van der Waals surface area (Å²) >= 11 is 0. The molecule has 1 fully saturated rings. The largest absolute Gasteiger partial charge is 0.481 e. The molecule has 180 valence electrons. The molecule has 13 heteroatoms. The molecular formula is C19H31N5O8. The van der Waals surface area contributed by atoms with E-state index in [0.29, 0.717) is 12.8 Å². The van der Waals surface area contributed by atoms with Gasteiger partial charge in [-0.15, -0.1) is 0 Å². The molecule has 0 saturated carbocycles. The number of amides is 4. The number of rotatable bonds is 12. The molecular weight excluding hydrogens is 426 g/mol. The molecule has 1 heterocycles. The van der Waals surface area contributed by atoms with Crippen molar-refractivity contribution in [2.24, 2.45) is 17.4 Å². The number of hydrogen-bond acceptors (Lipinski definition) is 7. The van der Waals surface area contributed by atoms with Crippen LogP contribution in [0.5, 0.6) is 0 Å². The van der Waals surface area contributed by atoms with Crippen molar-refractivity contribution in [2.75, 3.05) is 6.54 Å². The highest BCUT2D eigenvalue weighted by molar-refractivity contribution is 5.95. The van der Waals surface area contributed by atoms with E-state index in [-0.39, 0.29) is 18.9 Å². The Labute approximate surface area is 184 Å². The molecule has 0 bridgehead atoms. The van der Waals surface area contributed by atoms with Gasteiger partial charge in [0.05, 0.1) is 18.9 Å². The molecule has 1 aliphatic heterocycles. The highest BCUT2D eigenvalue weighted by Gasteiger charge is 2.40. The number of nitrogens with zero attached hydrogens (tertiary/aromatic N) is 1. The quantitative estimate of drug-likeness (QED) is 0.186. The van der Waals surface area contributed by atoms with E-state index in [0.717, 1.165) is 0 Å². The number of hydrogen-bond donors (Lipinski definition) is 6. The number of primary amides is 1. The van der Waals surface area contributed by atoms with Gasteiger partial charge in [0.15, 0.2) is 0 Å². The normalized spacial score (nSPS) is 19.3. The Morgan fingerprint density at radius 1 is 1.09 bits per heavy atom. The summed E-state index contributed by atoms with van der Waals surface area (Å²) in [7, 11) is 0. The predicted octanol–water partition coefficient (Wildman–Crippen LogP) is -2.24. The van der Waals surface area contributed by atoms with E-state index in [2.05, 4.69) is 10.6 Å². The minimum absolute atomic E-state index is 0.203. The predicted molar refractivity (Wildman–Crippen MR) is 110 cm³/mol. The first-order valence-corrected chi connectivity index (χ1v) is 10.3. The van der Waals surface area contributed by atoms with E-state index < -0.39 is 72.6 Å². The number of carbonyl (C=O) groups excluding carboxylic acids is 4. The molecule has 8 N–H and O–H groups in total. The molecule has 1 saturated heterocycles. The van der Waals surface area contributed by atoms with Gasteiger partial charge < -0.3 is 37.2 Å². The Balaban J connectivity index is 2.99. The van der Waals surface area contributed by atoms with Gasteiger partial charge in [-0.1, -0.05) is 20.3 Å². The van der Waals surface area contributed by atoms with Crippen LogP contribution in [0.15, 0.2) is 0 Å². The van der Waals surface area contributed by atoms with E-state index in [1.54, 1.807) is 13.8 Å². The van der Waals surface area contributed by atoms with Crippen molar-refractivity contribution >= 4 is 35.6 Å². The fraction of sp³-hybridized carbons (Fsp3) is 0.684. The molecule has 13 nitrogen and oxygen atoms in total. The smallest absolute Gasteiger partial charge is 0.326 e. The molecule has 32 heavy (non-hydrogen) atoms. The monoisotopic (exact) mass is 457 g/mol. The van der Waals surface area contributed by atoms with Crippen LogP contribution in [0.2, 0.25) is 0 Å². The third kappa shape index (κ3) is 7.48. The van der Waals surface area contributed by atoms with E-state index in [4.69, 9.17) is 16.6 Å². The van der Waals surface area contributed by atoms with Crippen LogP contribution in [0.25, 0.3) is 0 Å². The first-order valence-electron chi connectivity index (χ1n) is 10.3. The zero-order chi connectivity index (χ0) is 24.6. The van der Waals surface area contributed by atoms with Crippen LogP contribution in [0.3, 0.4) is 0 Å². The van der Waals surface area contributed by atoms with Crippen LogP contribution in [-0.4, -0.2) is 81.4 Å². The molecule has 5 atom stereocenters. The summed E-state index contributed by atoms with van der Waals surface area (Å²) in [6, 6.07) is -4.93. The minimum Gasteiger partial charge on any atom is -0.481 e. The number of nitrogens with one attached hydrogen (secondary N) is 2. The molecule has 0 aromatic heterocycles. The first-order chi connectivity index (χ1) is 14.9. The lowest BCUT2D eigenvalue weighted by Gasteiger charge is -2.32. The lowest BCUT2D eigenvalue weighted by molar-refractivity contribution is -0.146. The number of carboxylic acids is 2. The Hall–Kier alpha value is -3.22. The van der Waals surface area contributed by atoms with Crippen molar-refractivity contribution in [3.8, 4) is 0 Å². The molecule has 0 aromatic carbocycles. The average molecular weight is 457 g/mol. The van der Waals surface area contributed by atoms with Crippen LogP contribution < -0.4 is 22.1 Å². The second-order valence-corrected chi connectivity index (χ2v) is 7.84. The van der Waals surface area contributed by atoms with Crippen LogP contribution in [-0.2, 0) is 28.8 Å². The van der Waals surface area contributed by atoms with Crippen LogP contribution >= 0.6 is 0 Å². The lowest BCUT2D eigenvalue weighted by atomic mass is 9.96. The Morgan fingerprint density at radius 2 is 1.72 bits per heavy atom. The van der Waals surface area contributed by atoms with Crippen molar-refractivity contribution in [1.29, 1.82) is 0 Å². The van der Waals surface area contributed by atoms with E-state index in [9.17, 15) is 33.9 Å². The average Bonchev–Trinajstić information content (AvgIpc) is 3.19. The van der Waals surface area contributed by atoms with E-state index >= 15 is 0 Å². The van der Waals surface area contributed by atoms with Crippen LogP contribution in [0.4, 0.5) is 0 Å². The van der Waals surface area contributed by atoms with Crippen molar-refractivity contribution in [2.45, 2.75) is 70.1 Å². The minimum atomic E-state index is -1.53. The van der Waals surface area contributed by atoms with Gasteiger partial charge in [-0.25, -0.2) is 4.79 Å². The zero-order valence-corrected chi connectivity index (χ0v) is 18.1. The van der Waals surface area contributed by atoms with Gasteiger partial charge >= 0.3 is 11.9 Å². The molecule has 1 aliphatic rings. The molecule has 5 unspecified atom stereocenters. The van der Waals surface area contributed by atoms with Gasteiger partial charge in [-0.05, 0) is 18.8 Å². The second kappa shape index (κ2) is 12.0. The van der Waals surface area contributed by atoms with Crippen LogP contribution in [0.1, 0.15) is 46.0 Å². The third-order valence-corrected chi connectivity index (χ3v) is 5.37. The number of aliphatic carboxylic acids is 2. The standard InChI is InChI=1S/C19H31N5O8/c1-3-9(2)15(23-16(28)10(20)7-14(26)27)18(30)24-6-4-5-12(24)17(29)22-11(19(31)32)8-13(21)25/h9-12,15H,3-8,20H2,1-2H3,(H2,21,25)(H,22,29)(H,23,28)(H,26,27)(H,31,32). The topological polar surface area (TPSA) is 222 Å². The third-order valence-electron chi connectivity index (χ3n) is 5.37.